The quantitative estimate of drug-likeness (QED) is 0.700. The van der Waals surface area contributed by atoms with Crippen LogP contribution in [0.3, 0.4) is 0 Å². The Labute approximate surface area is 169 Å². The van der Waals surface area contributed by atoms with Gasteiger partial charge in [-0.2, -0.15) is 0 Å². The van der Waals surface area contributed by atoms with E-state index in [1.165, 1.54) is 16.0 Å². The van der Waals surface area contributed by atoms with Gasteiger partial charge in [0.15, 0.2) is 0 Å². The van der Waals surface area contributed by atoms with Crippen molar-refractivity contribution in [2.24, 2.45) is 11.8 Å². The zero-order valence-corrected chi connectivity index (χ0v) is 18.1. The van der Waals surface area contributed by atoms with E-state index in [1.54, 1.807) is 7.05 Å². The van der Waals surface area contributed by atoms with Crippen LogP contribution in [0.1, 0.15) is 51.7 Å². The number of imide groups is 1. The molecular weight excluding hydrogens is 350 g/mol. The lowest BCUT2D eigenvalue weighted by molar-refractivity contribution is -0.135. The molecule has 5 heteroatoms. The van der Waals surface area contributed by atoms with Crippen LogP contribution in [0.2, 0.25) is 0 Å². The molecule has 28 heavy (non-hydrogen) atoms. The van der Waals surface area contributed by atoms with Gasteiger partial charge in [0.25, 0.3) is 5.91 Å². The molecule has 0 bridgehead atoms. The zero-order chi connectivity index (χ0) is 20.5. The number of piperidine rings is 1. The molecular formula is C23H35N3O2. The maximum Gasteiger partial charge on any atom is 0.327 e. The van der Waals surface area contributed by atoms with Crippen molar-refractivity contribution < 1.29 is 9.59 Å². The number of likely N-dealkylation sites (N-methyl/N-ethyl adjacent to an activating group) is 1. The van der Waals surface area contributed by atoms with Gasteiger partial charge < -0.3 is 4.90 Å². The lowest BCUT2D eigenvalue weighted by Gasteiger charge is -2.42. The van der Waals surface area contributed by atoms with Gasteiger partial charge >= 0.3 is 6.03 Å². The number of carbonyl (C=O) groups is 2. The van der Waals surface area contributed by atoms with Crippen LogP contribution in [-0.4, -0.2) is 58.9 Å². The predicted molar refractivity (Wildman–Crippen MR) is 112 cm³/mol. The first kappa shape index (κ1) is 20.8. The summed E-state index contributed by atoms with van der Waals surface area (Å²) in [6.45, 7) is 11.9. The Kier molecular flexibility index (Phi) is 6.13. The van der Waals surface area contributed by atoms with Gasteiger partial charge in [-0.3, -0.25) is 14.6 Å². The molecule has 0 radical (unpaired) electrons. The molecule has 1 aromatic carbocycles. The van der Waals surface area contributed by atoms with Crippen molar-refractivity contribution in [2.45, 2.75) is 59.0 Å². The van der Waals surface area contributed by atoms with Crippen molar-refractivity contribution in [3.8, 4) is 0 Å². The van der Waals surface area contributed by atoms with Gasteiger partial charge in [-0.15, -0.1) is 0 Å². The van der Waals surface area contributed by atoms with Crippen molar-refractivity contribution in [1.29, 1.82) is 0 Å². The van der Waals surface area contributed by atoms with Crippen LogP contribution >= 0.6 is 0 Å². The standard InChI is InChI=1S/C23H35N3O2/c1-17(2)14-19-6-8-20(9-7-19)16-25-12-10-23(11-13-25)21(27)24(5)22(28)26(23)15-18(3)4/h6-9,17-18H,10-16H2,1-5H3. The molecule has 2 fully saturated rings. The molecule has 2 saturated heterocycles. The van der Waals surface area contributed by atoms with Crippen molar-refractivity contribution in [2.75, 3.05) is 26.7 Å². The molecule has 3 rings (SSSR count). The highest BCUT2D eigenvalue weighted by atomic mass is 16.2. The second-order valence-electron chi connectivity index (χ2n) is 9.37. The van der Waals surface area contributed by atoms with E-state index in [1.807, 2.05) is 4.90 Å². The molecule has 1 spiro atoms. The summed E-state index contributed by atoms with van der Waals surface area (Å²) in [5, 5.41) is 0. The van der Waals surface area contributed by atoms with Gasteiger partial charge in [-0.1, -0.05) is 52.0 Å². The number of benzene rings is 1. The average molecular weight is 386 g/mol. The molecule has 0 saturated carbocycles. The summed E-state index contributed by atoms with van der Waals surface area (Å²) in [6, 6.07) is 8.79. The minimum Gasteiger partial charge on any atom is -0.309 e. The Morgan fingerprint density at radius 1 is 0.929 bits per heavy atom. The van der Waals surface area contributed by atoms with E-state index in [0.717, 1.165) is 38.9 Å². The minimum absolute atomic E-state index is 0.0177. The number of amides is 3. The molecule has 0 atom stereocenters. The van der Waals surface area contributed by atoms with Crippen molar-refractivity contribution >= 4 is 11.9 Å². The van der Waals surface area contributed by atoms with Crippen LogP contribution in [0.5, 0.6) is 0 Å². The topological polar surface area (TPSA) is 43.9 Å². The molecule has 154 valence electrons. The third-order valence-corrected chi connectivity index (χ3v) is 6.04. The van der Waals surface area contributed by atoms with E-state index in [9.17, 15) is 9.59 Å². The largest absolute Gasteiger partial charge is 0.327 e. The van der Waals surface area contributed by atoms with Gasteiger partial charge in [0.1, 0.15) is 5.54 Å². The fraction of sp³-hybridized carbons (Fsp3) is 0.652. The third-order valence-electron chi connectivity index (χ3n) is 6.04. The lowest BCUT2D eigenvalue weighted by Crippen LogP contribution is -2.57. The summed E-state index contributed by atoms with van der Waals surface area (Å²) < 4.78 is 0. The molecule has 0 aliphatic carbocycles. The summed E-state index contributed by atoms with van der Waals surface area (Å²) >= 11 is 0. The van der Waals surface area contributed by atoms with Crippen LogP contribution in [-0.2, 0) is 17.8 Å². The molecule has 0 N–H and O–H groups in total. The minimum atomic E-state index is -0.631. The highest BCUT2D eigenvalue weighted by molar-refractivity contribution is 6.06. The lowest BCUT2D eigenvalue weighted by atomic mass is 9.85. The highest BCUT2D eigenvalue weighted by Crippen LogP contribution is 2.37. The van der Waals surface area contributed by atoms with E-state index in [0.29, 0.717) is 18.4 Å². The summed E-state index contributed by atoms with van der Waals surface area (Å²) in [5.41, 5.74) is 2.07. The normalized spacial score (nSPS) is 20.2. The molecule has 1 aromatic rings. The molecule has 2 heterocycles. The Balaban J connectivity index is 1.64. The van der Waals surface area contributed by atoms with E-state index >= 15 is 0 Å². The molecule has 2 aliphatic rings. The number of nitrogens with zero attached hydrogens (tertiary/aromatic N) is 3. The summed E-state index contributed by atoms with van der Waals surface area (Å²) in [4.78, 5) is 31.1. The Morgan fingerprint density at radius 2 is 1.50 bits per heavy atom. The number of urea groups is 1. The zero-order valence-electron chi connectivity index (χ0n) is 18.1. The van der Waals surface area contributed by atoms with Crippen LogP contribution in [0, 0.1) is 11.8 Å². The molecule has 0 aromatic heterocycles. The van der Waals surface area contributed by atoms with E-state index in [-0.39, 0.29) is 11.9 Å². The Bertz CT molecular complexity index is 703. The van der Waals surface area contributed by atoms with Gasteiger partial charge in [-0.25, -0.2) is 4.79 Å². The van der Waals surface area contributed by atoms with E-state index in [2.05, 4.69) is 56.9 Å². The van der Waals surface area contributed by atoms with E-state index in [4.69, 9.17) is 0 Å². The van der Waals surface area contributed by atoms with Gasteiger partial charge in [0, 0.05) is 33.2 Å². The van der Waals surface area contributed by atoms with Gasteiger partial charge in [-0.05, 0) is 42.2 Å². The molecule has 3 amide bonds. The summed E-state index contributed by atoms with van der Waals surface area (Å²) in [7, 11) is 1.62. The number of rotatable bonds is 6. The van der Waals surface area contributed by atoms with Gasteiger partial charge in [0.05, 0.1) is 0 Å². The fourth-order valence-electron chi connectivity index (χ4n) is 4.57. The van der Waals surface area contributed by atoms with Crippen molar-refractivity contribution in [1.82, 2.24) is 14.7 Å². The summed E-state index contributed by atoms with van der Waals surface area (Å²) in [6.07, 6.45) is 2.56. The molecule has 0 unspecified atom stereocenters. The maximum absolute atomic E-state index is 12.9. The third kappa shape index (κ3) is 4.09. The smallest absolute Gasteiger partial charge is 0.309 e. The average Bonchev–Trinajstić information content (AvgIpc) is 2.81. The Morgan fingerprint density at radius 3 is 2.04 bits per heavy atom. The number of hydrogen-bond donors (Lipinski definition) is 0. The Hall–Kier alpha value is -1.88. The van der Waals surface area contributed by atoms with Crippen molar-refractivity contribution in [3.63, 3.8) is 0 Å². The first-order chi connectivity index (χ1) is 13.2. The SMILES string of the molecule is CC(C)Cc1ccc(CN2CCC3(CC2)C(=O)N(C)C(=O)N3CC(C)C)cc1. The number of likely N-dealkylation sites (tertiary alicyclic amines) is 1. The van der Waals surface area contributed by atoms with Crippen LogP contribution in [0.4, 0.5) is 4.79 Å². The molecule has 5 nitrogen and oxygen atoms in total. The fourth-order valence-corrected chi connectivity index (χ4v) is 4.57. The van der Waals surface area contributed by atoms with Gasteiger partial charge in [0.2, 0.25) is 0 Å². The molecule has 2 aliphatic heterocycles. The second-order valence-corrected chi connectivity index (χ2v) is 9.37. The first-order valence-corrected chi connectivity index (χ1v) is 10.6. The van der Waals surface area contributed by atoms with Crippen LogP contribution in [0.25, 0.3) is 0 Å². The summed E-state index contributed by atoms with van der Waals surface area (Å²) in [5.74, 6) is 1.00. The van der Waals surface area contributed by atoms with Crippen LogP contribution < -0.4 is 0 Å². The van der Waals surface area contributed by atoms with Crippen molar-refractivity contribution in [3.05, 3.63) is 35.4 Å². The maximum atomic E-state index is 12.9. The highest BCUT2D eigenvalue weighted by Gasteiger charge is 2.56. The number of carbonyl (C=O) groups excluding carboxylic acids is 2. The van der Waals surface area contributed by atoms with E-state index < -0.39 is 5.54 Å². The first-order valence-electron chi connectivity index (χ1n) is 10.6. The second kappa shape index (κ2) is 8.24. The number of hydrogen-bond acceptors (Lipinski definition) is 3. The predicted octanol–water partition coefficient (Wildman–Crippen LogP) is 3.77. The van der Waals surface area contributed by atoms with Crippen LogP contribution in [0.15, 0.2) is 24.3 Å². The monoisotopic (exact) mass is 385 g/mol.